The third-order valence-corrected chi connectivity index (χ3v) is 3.11. The molecule has 0 fully saturated rings. The molecule has 0 spiro atoms. The number of rotatable bonds is 10. The van der Waals surface area contributed by atoms with Gasteiger partial charge in [0.2, 0.25) is 0 Å². The Morgan fingerprint density at radius 3 is 2.64 bits per heavy atom. The predicted octanol–water partition coefficient (Wildman–Crippen LogP) is 2.91. The number of methoxy groups -OCH3 is 2. The van der Waals surface area contributed by atoms with Crippen molar-refractivity contribution in [2.75, 3.05) is 45.9 Å². The maximum absolute atomic E-state index is 11.9. The molecule has 0 aliphatic carbocycles. The van der Waals surface area contributed by atoms with Gasteiger partial charge in [0.25, 0.3) is 0 Å². The van der Waals surface area contributed by atoms with Gasteiger partial charge in [0.1, 0.15) is 6.61 Å². The summed E-state index contributed by atoms with van der Waals surface area (Å²) in [5.41, 5.74) is 0.526. The lowest BCUT2D eigenvalue weighted by molar-refractivity contribution is 0.146. The molecule has 0 atom stereocenters. The highest BCUT2D eigenvalue weighted by atomic mass is 35.5. The first-order chi connectivity index (χ1) is 10.7. The summed E-state index contributed by atoms with van der Waals surface area (Å²) in [7, 11) is 3.25. The van der Waals surface area contributed by atoms with Gasteiger partial charge in [0.15, 0.2) is 5.75 Å². The van der Waals surface area contributed by atoms with E-state index in [1.165, 1.54) is 0 Å². The van der Waals surface area contributed by atoms with E-state index >= 15 is 0 Å². The fourth-order valence-corrected chi connectivity index (χ4v) is 1.95. The summed E-state index contributed by atoms with van der Waals surface area (Å²) >= 11 is 6.10. The van der Waals surface area contributed by atoms with Gasteiger partial charge in [-0.15, -0.1) is 0 Å². The molecule has 0 aliphatic heterocycles. The Bertz CT molecular complexity index is 457. The lowest BCUT2D eigenvalue weighted by Gasteiger charge is -2.14. The van der Waals surface area contributed by atoms with Gasteiger partial charge in [-0.05, 0) is 25.0 Å². The minimum Gasteiger partial charge on any atom is -0.487 e. The van der Waals surface area contributed by atoms with Crippen LogP contribution < -0.4 is 15.4 Å². The first-order valence-electron chi connectivity index (χ1n) is 7.13. The van der Waals surface area contributed by atoms with Crippen molar-refractivity contribution in [2.24, 2.45) is 0 Å². The molecular weight excluding hydrogens is 308 g/mol. The van der Waals surface area contributed by atoms with Crippen molar-refractivity contribution in [3.63, 3.8) is 0 Å². The first kappa shape index (κ1) is 18.5. The number of carbonyl (C=O) groups excluding carboxylic acids is 1. The van der Waals surface area contributed by atoms with Crippen LogP contribution in [0.15, 0.2) is 18.2 Å². The maximum Gasteiger partial charge on any atom is 0.319 e. The lowest BCUT2D eigenvalue weighted by Crippen LogP contribution is -2.29. The van der Waals surface area contributed by atoms with Crippen LogP contribution in [0.1, 0.15) is 12.8 Å². The van der Waals surface area contributed by atoms with Crippen LogP contribution in [0.3, 0.4) is 0 Å². The van der Waals surface area contributed by atoms with E-state index in [-0.39, 0.29) is 6.03 Å². The number of nitrogens with one attached hydrogen (secondary N) is 2. The van der Waals surface area contributed by atoms with Gasteiger partial charge in [-0.2, -0.15) is 0 Å². The predicted molar refractivity (Wildman–Crippen MR) is 87.0 cm³/mol. The van der Waals surface area contributed by atoms with Crippen LogP contribution in [0.5, 0.6) is 5.75 Å². The average molecular weight is 331 g/mol. The van der Waals surface area contributed by atoms with Gasteiger partial charge in [-0.25, -0.2) is 4.79 Å². The molecule has 0 aliphatic rings. The smallest absolute Gasteiger partial charge is 0.319 e. The summed E-state index contributed by atoms with van der Waals surface area (Å²) in [6, 6.07) is 4.90. The SMILES string of the molecule is COCCCCNC(=O)Nc1cccc(Cl)c1OCCOC. The molecule has 0 saturated heterocycles. The molecule has 22 heavy (non-hydrogen) atoms. The number of ether oxygens (including phenoxy) is 3. The van der Waals surface area contributed by atoms with E-state index in [1.807, 2.05) is 0 Å². The molecule has 0 unspecified atom stereocenters. The number of halogens is 1. The summed E-state index contributed by atoms with van der Waals surface area (Å²) in [4.78, 5) is 11.9. The van der Waals surface area contributed by atoms with Crippen LogP contribution in [0.25, 0.3) is 0 Å². The number of amides is 2. The van der Waals surface area contributed by atoms with E-state index in [9.17, 15) is 4.79 Å². The zero-order chi connectivity index (χ0) is 16.2. The molecule has 2 N–H and O–H groups in total. The minimum absolute atomic E-state index is 0.295. The third-order valence-electron chi connectivity index (χ3n) is 2.81. The fourth-order valence-electron chi connectivity index (χ4n) is 1.72. The molecule has 7 heteroatoms. The highest BCUT2D eigenvalue weighted by Crippen LogP contribution is 2.32. The van der Waals surface area contributed by atoms with E-state index < -0.39 is 0 Å². The van der Waals surface area contributed by atoms with Crippen LogP contribution in [-0.2, 0) is 9.47 Å². The second-order valence-electron chi connectivity index (χ2n) is 4.54. The summed E-state index contributed by atoms with van der Waals surface area (Å²) in [5.74, 6) is 0.441. The highest BCUT2D eigenvalue weighted by molar-refractivity contribution is 6.32. The van der Waals surface area contributed by atoms with Crippen LogP contribution in [-0.4, -0.2) is 46.6 Å². The molecule has 0 saturated carbocycles. The van der Waals surface area contributed by atoms with Gasteiger partial charge in [0.05, 0.1) is 17.3 Å². The van der Waals surface area contributed by atoms with E-state index in [4.69, 9.17) is 25.8 Å². The molecule has 0 radical (unpaired) electrons. The van der Waals surface area contributed by atoms with Crippen molar-refractivity contribution < 1.29 is 19.0 Å². The number of anilines is 1. The van der Waals surface area contributed by atoms with Crippen molar-refractivity contribution in [3.05, 3.63) is 23.2 Å². The lowest BCUT2D eigenvalue weighted by atomic mass is 10.3. The Morgan fingerprint density at radius 2 is 1.91 bits per heavy atom. The largest absolute Gasteiger partial charge is 0.487 e. The van der Waals surface area contributed by atoms with Crippen LogP contribution in [0.4, 0.5) is 10.5 Å². The summed E-state index contributed by atoms with van der Waals surface area (Å²) in [6.45, 7) is 2.06. The second kappa shape index (κ2) is 11.1. The molecule has 2 amide bonds. The number of carbonyl (C=O) groups is 1. The standard InChI is InChI=1S/C15H23ClN2O4/c1-20-9-4-3-8-17-15(19)18-13-7-5-6-12(16)14(13)22-11-10-21-2/h5-7H,3-4,8-11H2,1-2H3,(H2,17,18,19). The topological polar surface area (TPSA) is 68.8 Å². The zero-order valence-electron chi connectivity index (χ0n) is 13.0. The van der Waals surface area contributed by atoms with Gasteiger partial charge < -0.3 is 24.8 Å². The fraction of sp³-hybridized carbons (Fsp3) is 0.533. The Hall–Kier alpha value is -1.50. The zero-order valence-corrected chi connectivity index (χ0v) is 13.7. The molecule has 1 aromatic rings. The number of para-hydroxylation sites is 1. The normalized spacial score (nSPS) is 10.3. The molecule has 124 valence electrons. The van der Waals surface area contributed by atoms with E-state index in [2.05, 4.69) is 10.6 Å². The highest BCUT2D eigenvalue weighted by Gasteiger charge is 2.11. The van der Waals surface area contributed by atoms with Crippen molar-refractivity contribution in [1.29, 1.82) is 0 Å². The van der Waals surface area contributed by atoms with Crippen molar-refractivity contribution >= 4 is 23.3 Å². The maximum atomic E-state index is 11.9. The molecule has 0 heterocycles. The van der Waals surface area contributed by atoms with Crippen molar-refractivity contribution in [2.45, 2.75) is 12.8 Å². The number of urea groups is 1. The van der Waals surface area contributed by atoms with Gasteiger partial charge >= 0.3 is 6.03 Å². The number of hydrogen-bond acceptors (Lipinski definition) is 4. The summed E-state index contributed by atoms with van der Waals surface area (Å²) < 4.78 is 15.4. The Labute approximate surface area is 136 Å². The number of hydrogen-bond donors (Lipinski definition) is 2. The van der Waals surface area contributed by atoms with Crippen molar-refractivity contribution in [1.82, 2.24) is 5.32 Å². The molecule has 1 rings (SSSR count). The number of benzene rings is 1. The van der Waals surface area contributed by atoms with E-state index in [1.54, 1.807) is 32.4 Å². The monoisotopic (exact) mass is 330 g/mol. The molecular formula is C15H23ClN2O4. The van der Waals surface area contributed by atoms with E-state index in [0.29, 0.717) is 42.8 Å². The van der Waals surface area contributed by atoms with Gasteiger partial charge in [0, 0.05) is 27.4 Å². The Morgan fingerprint density at radius 1 is 1.14 bits per heavy atom. The first-order valence-corrected chi connectivity index (χ1v) is 7.51. The Balaban J connectivity index is 2.49. The molecule has 0 bridgehead atoms. The van der Waals surface area contributed by atoms with E-state index in [0.717, 1.165) is 12.8 Å². The van der Waals surface area contributed by atoms with Gasteiger partial charge in [-0.3, -0.25) is 0 Å². The summed E-state index contributed by atoms with van der Waals surface area (Å²) in [5, 5.41) is 5.95. The van der Waals surface area contributed by atoms with Crippen molar-refractivity contribution in [3.8, 4) is 5.75 Å². The van der Waals surface area contributed by atoms with Crippen LogP contribution >= 0.6 is 11.6 Å². The molecule has 0 aromatic heterocycles. The quantitative estimate of drug-likeness (QED) is 0.647. The minimum atomic E-state index is -0.295. The molecule has 6 nitrogen and oxygen atoms in total. The number of unbranched alkanes of at least 4 members (excludes halogenated alkanes) is 1. The Kier molecular flexibility index (Phi) is 9.37. The van der Waals surface area contributed by atoms with Gasteiger partial charge in [-0.1, -0.05) is 17.7 Å². The average Bonchev–Trinajstić information content (AvgIpc) is 2.50. The summed E-state index contributed by atoms with van der Waals surface area (Å²) in [6.07, 6.45) is 1.76. The molecule has 1 aromatic carbocycles. The van der Waals surface area contributed by atoms with Crippen LogP contribution in [0.2, 0.25) is 5.02 Å². The van der Waals surface area contributed by atoms with Crippen LogP contribution in [0, 0.1) is 0 Å². The third kappa shape index (κ3) is 6.98. The second-order valence-corrected chi connectivity index (χ2v) is 4.95.